The normalized spacial score (nSPS) is 11.9. The minimum Gasteiger partial charge on any atom is -0.420 e. The number of benzene rings is 1. The van der Waals surface area contributed by atoms with Gasteiger partial charge in [0.15, 0.2) is 20.0 Å². The van der Waals surface area contributed by atoms with Crippen LogP contribution in [0.2, 0.25) is 18.1 Å². The molecule has 22 heavy (non-hydrogen) atoms. The minimum absolute atomic E-state index is 0.265. The average Bonchev–Trinajstić information content (AvgIpc) is 2.52. The molecule has 0 N–H and O–H groups in total. The molecule has 126 valence electrons. The van der Waals surface area contributed by atoms with Gasteiger partial charge in [-0.05, 0) is 42.6 Å². The summed E-state index contributed by atoms with van der Waals surface area (Å²) < 4.78 is 45.2. The van der Waals surface area contributed by atoms with Gasteiger partial charge < -0.3 is 4.43 Å². The van der Waals surface area contributed by atoms with Crippen LogP contribution in [0, 0.1) is 17.5 Å². The zero-order valence-corrected chi connectivity index (χ0v) is 14.9. The molecule has 0 heterocycles. The van der Waals surface area contributed by atoms with Gasteiger partial charge in [0.25, 0.3) is 0 Å². The van der Waals surface area contributed by atoms with Crippen LogP contribution in [0.25, 0.3) is 0 Å². The van der Waals surface area contributed by atoms with Gasteiger partial charge in [0.2, 0.25) is 0 Å². The van der Waals surface area contributed by atoms with Gasteiger partial charge in [0.1, 0.15) is 5.82 Å². The smallest absolute Gasteiger partial charge is 0.191 e. The van der Waals surface area contributed by atoms with E-state index in [1.54, 1.807) is 0 Å². The Labute approximate surface area is 133 Å². The van der Waals surface area contributed by atoms with E-state index in [0.717, 1.165) is 49.9 Å². The van der Waals surface area contributed by atoms with Crippen LogP contribution >= 0.6 is 0 Å². The Kier molecular flexibility index (Phi) is 8.18. The highest BCUT2D eigenvalue weighted by Crippen LogP contribution is 2.24. The predicted molar refractivity (Wildman–Crippen MR) is 87.0 cm³/mol. The lowest BCUT2D eigenvalue weighted by Gasteiger charge is -2.27. The fraction of sp³-hybridized carbons (Fsp3) is 0.647. The Morgan fingerprint density at radius 1 is 0.864 bits per heavy atom. The van der Waals surface area contributed by atoms with Crippen LogP contribution in [0.4, 0.5) is 13.2 Å². The van der Waals surface area contributed by atoms with E-state index < -0.39 is 25.8 Å². The molecule has 0 unspecified atom stereocenters. The fourth-order valence-corrected chi connectivity index (χ4v) is 5.75. The Hall–Kier alpha value is -0.813. The van der Waals surface area contributed by atoms with Gasteiger partial charge in [0, 0.05) is 13.2 Å². The molecule has 0 aliphatic carbocycles. The van der Waals surface area contributed by atoms with Crippen molar-refractivity contribution < 1.29 is 17.6 Å². The molecule has 5 heteroatoms. The first-order valence-electron chi connectivity index (χ1n) is 8.16. The number of aryl methyl sites for hydroxylation is 1. The third kappa shape index (κ3) is 5.43. The second-order valence-electron chi connectivity index (χ2n) is 5.87. The number of halogens is 3. The lowest BCUT2D eigenvalue weighted by molar-refractivity contribution is 0.389. The number of hydrogen-bond acceptors (Lipinski definition) is 1. The van der Waals surface area contributed by atoms with Crippen LogP contribution in [0.1, 0.15) is 45.1 Å². The van der Waals surface area contributed by atoms with Gasteiger partial charge in [-0.25, -0.2) is 13.2 Å². The average molecular weight is 332 g/mol. The van der Waals surface area contributed by atoms with E-state index in [0.29, 0.717) is 12.5 Å². The Bertz CT molecular complexity index is 453. The van der Waals surface area contributed by atoms with Crippen LogP contribution in [0.5, 0.6) is 0 Å². The topological polar surface area (TPSA) is 9.23 Å². The first kappa shape index (κ1) is 19.2. The predicted octanol–water partition coefficient (Wildman–Crippen LogP) is 5.84. The van der Waals surface area contributed by atoms with Gasteiger partial charge in [0.05, 0.1) is 0 Å². The molecular weight excluding hydrogens is 305 g/mol. The van der Waals surface area contributed by atoms with Gasteiger partial charge in [-0.15, -0.1) is 0 Å². The van der Waals surface area contributed by atoms with E-state index in [9.17, 15) is 13.2 Å². The van der Waals surface area contributed by atoms with Crippen LogP contribution < -0.4 is 0 Å². The van der Waals surface area contributed by atoms with E-state index in [-0.39, 0.29) is 5.56 Å². The van der Waals surface area contributed by atoms with Crippen molar-refractivity contribution >= 4 is 8.32 Å². The monoisotopic (exact) mass is 332 g/mol. The first-order valence-corrected chi connectivity index (χ1v) is 10.7. The van der Waals surface area contributed by atoms with Crippen LogP contribution in [-0.2, 0) is 10.8 Å². The Morgan fingerprint density at radius 3 is 2.05 bits per heavy atom. The second-order valence-corrected chi connectivity index (χ2v) is 10.6. The van der Waals surface area contributed by atoms with E-state index in [1.807, 2.05) is 7.11 Å². The van der Waals surface area contributed by atoms with E-state index in [2.05, 4.69) is 13.8 Å². The lowest BCUT2D eigenvalue weighted by Crippen LogP contribution is -2.34. The highest BCUT2D eigenvalue weighted by atomic mass is 28.4. The van der Waals surface area contributed by atoms with Gasteiger partial charge in [-0.1, -0.05) is 33.1 Å². The first-order chi connectivity index (χ1) is 10.5. The molecule has 1 nitrogen and oxygen atoms in total. The molecule has 0 saturated heterocycles. The summed E-state index contributed by atoms with van der Waals surface area (Å²) in [4.78, 5) is 0. The van der Waals surface area contributed by atoms with Crippen molar-refractivity contribution in [3.63, 3.8) is 0 Å². The maximum absolute atomic E-state index is 13.5. The van der Waals surface area contributed by atoms with Crippen LogP contribution in [0.3, 0.4) is 0 Å². The Morgan fingerprint density at radius 2 is 1.45 bits per heavy atom. The molecule has 1 aromatic rings. The SMILES string of the molecule is CC[Si](CC)(CCCCCCc1cc(F)c(F)cc1F)OC. The molecular formula is C17H27F3OSi. The maximum Gasteiger partial charge on any atom is 0.191 e. The maximum atomic E-state index is 13.5. The zero-order valence-electron chi connectivity index (χ0n) is 13.9. The fourth-order valence-electron chi connectivity index (χ4n) is 2.87. The summed E-state index contributed by atoms with van der Waals surface area (Å²) in [6.45, 7) is 4.40. The van der Waals surface area contributed by atoms with Crippen LogP contribution in [0.15, 0.2) is 12.1 Å². The summed E-state index contributed by atoms with van der Waals surface area (Å²) in [6.07, 6.45) is 4.42. The van der Waals surface area contributed by atoms with Crippen molar-refractivity contribution in [3.8, 4) is 0 Å². The van der Waals surface area contributed by atoms with Crippen molar-refractivity contribution in [2.24, 2.45) is 0 Å². The van der Waals surface area contributed by atoms with Crippen LogP contribution in [-0.4, -0.2) is 15.4 Å². The zero-order chi connectivity index (χ0) is 16.6. The summed E-state index contributed by atoms with van der Waals surface area (Å²) >= 11 is 0. The second kappa shape index (κ2) is 9.35. The number of hydrogen-bond donors (Lipinski definition) is 0. The third-order valence-corrected chi connectivity index (χ3v) is 9.35. The molecule has 0 radical (unpaired) electrons. The highest BCUT2D eigenvalue weighted by molar-refractivity contribution is 6.73. The number of unbranched alkanes of at least 4 members (excludes halogenated alkanes) is 3. The summed E-state index contributed by atoms with van der Waals surface area (Å²) in [5, 5.41) is 0. The Balaban J connectivity index is 2.30. The molecule has 0 atom stereocenters. The van der Waals surface area contributed by atoms with Gasteiger partial charge in [-0.3, -0.25) is 0 Å². The summed E-state index contributed by atoms with van der Waals surface area (Å²) in [5.41, 5.74) is 0.265. The summed E-state index contributed by atoms with van der Waals surface area (Å²) in [7, 11) is 0.309. The van der Waals surface area contributed by atoms with E-state index in [1.165, 1.54) is 0 Å². The van der Waals surface area contributed by atoms with Crippen molar-refractivity contribution in [1.29, 1.82) is 0 Å². The quantitative estimate of drug-likeness (QED) is 0.297. The summed E-state index contributed by atoms with van der Waals surface area (Å²) in [6, 6.07) is 5.05. The van der Waals surface area contributed by atoms with Crippen molar-refractivity contribution in [3.05, 3.63) is 35.1 Å². The van der Waals surface area contributed by atoms with Gasteiger partial charge >= 0.3 is 0 Å². The molecule has 0 saturated carbocycles. The molecule has 1 rings (SSSR count). The highest BCUT2D eigenvalue weighted by Gasteiger charge is 2.28. The molecule has 0 amide bonds. The molecule has 0 aliphatic rings. The molecule has 0 aromatic heterocycles. The van der Waals surface area contributed by atoms with E-state index in [4.69, 9.17) is 4.43 Å². The van der Waals surface area contributed by atoms with Crippen molar-refractivity contribution in [2.45, 2.75) is 64.1 Å². The van der Waals surface area contributed by atoms with Crippen molar-refractivity contribution in [2.75, 3.05) is 7.11 Å². The van der Waals surface area contributed by atoms with E-state index >= 15 is 0 Å². The number of rotatable bonds is 10. The standard InChI is InChI=1S/C17H27F3OSi/c1-4-22(5-2,21-3)11-9-7-6-8-10-14-12-16(19)17(20)13-15(14)18/h12-13H,4-11H2,1-3H3. The molecule has 0 aliphatic heterocycles. The molecule has 0 spiro atoms. The molecule has 0 fully saturated rings. The largest absolute Gasteiger partial charge is 0.420 e. The molecule has 0 bridgehead atoms. The summed E-state index contributed by atoms with van der Waals surface area (Å²) in [5.74, 6) is -2.75. The third-order valence-electron chi connectivity index (χ3n) is 4.64. The lowest BCUT2D eigenvalue weighted by atomic mass is 10.1. The van der Waals surface area contributed by atoms with Gasteiger partial charge in [-0.2, -0.15) is 0 Å². The van der Waals surface area contributed by atoms with Crippen molar-refractivity contribution in [1.82, 2.24) is 0 Å². The molecule has 1 aromatic carbocycles. The minimum atomic E-state index is -1.52.